The van der Waals surface area contributed by atoms with Crippen LogP contribution in [0.1, 0.15) is 122 Å². The van der Waals surface area contributed by atoms with E-state index >= 15 is 23.2 Å². The fourth-order valence-electron chi connectivity index (χ4n) is 13.1. The molecule has 4 aromatic carbocycles. The van der Waals surface area contributed by atoms with Crippen molar-refractivity contribution in [3.05, 3.63) is 124 Å². The first-order valence-corrected chi connectivity index (χ1v) is 31.0. The van der Waals surface area contributed by atoms with E-state index in [2.05, 4.69) is 27.4 Å². The summed E-state index contributed by atoms with van der Waals surface area (Å²) in [6.07, 6.45) is -0.129. The molecule has 2 unspecified atom stereocenters. The number of nitrogens with zero attached hydrogens (tertiary/aromatic N) is 5. The third kappa shape index (κ3) is 15.3. The average molecular weight is 1230 g/mol. The molecular formula is C68H86F3N7O11. The Morgan fingerprint density at radius 3 is 2.12 bits per heavy atom. The quantitative estimate of drug-likeness (QED) is 0.101. The zero-order valence-corrected chi connectivity index (χ0v) is 53.1. The molecule has 21 heteroatoms. The van der Waals surface area contributed by atoms with E-state index in [1.807, 2.05) is 45.9 Å². The topological polar surface area (TPSA) is 197 Å². The van der Waals surface area contributed by atoms with Gasteiger partial charge in [-0.2, -0.15) is 0 Å². The van der Waals surface area contributed by atoms with Crippen LogP contribution in [0.3, 0.4) is 0 Å². The van der Waals surface area contributed by atoms with Gasteiger partial charge in [0.1, 0.15) is 40.1 Å². The third-order valence-electron chi connectivity index (χ3n) is 18.2. The molecular weight excluding hydrogens is 1150 g/mol. The van der Waals surface area contributed by atoms with Gasteiger partial charge in [0.15, 0.2) is 5.78 Å². The second-order valence-electron chi connectivity index (χ2n) is 27.1. The number of carbonyl (C=O) groups is 7. The largest absolute Gasteiger partial charge is 0.444 e. The lowest BCUT2D eigenvalue weighted by atomic mass is 9.73. The number of ether oxygens (including phenoxy) is 4. The molecule has 3 fully saturated rings. The second kappa shape index (κ2) is 27.1. The Morgan fingerprint density at radius 1 is 0.787 bits per heavy atom. The predicted octanol–water partition coefficient (Wildman–Crippen LogP) is 9.69. The maximum atomic E-state index is 15.5. The molecule has 4 aliphatic heterocycles. The molecule has 0 aromatic heterocycles. The van der Waals surface area contributed by atoms with Gasteiger partial charge < -0.3 is 44.3 Å². The van der Waals surface area contributed by atoms with Gasteiger partial charge in [-0.05, 0) is 171 Å². The standard InChI is InChI=1S/C68H86F3N7O11/c1-40-34-76(49(35-75-25-28-87-38-41(75)2)36-77(40)65(85)89-67(7,8)9)37-58(80)78-39-68(10,53-22-17-44(30-56(53)78)29-43-15-19-47(69)20-16-43)63(83)72-48-21-18-46-31-52(59(50(46)32-48)62(82)73-60-54(70)13-12-14-55(60)71)61(81)51(45-23-26-86-27-24-45)33-57(79)42(3)74(11)64(84)88-66(4,5)6/h12-22,30,32,40-42,45,49,51-52,59H,23-29,31,33-39H2,1-11H3,(H,72,83)(H,73,82)/t40-,41-,42+,49+,51+,52?,59-,68?/m1/s1. The van der Waals surface area contributed by atoms with Crippen molar-refractivity contribution < 1.29 is 65.7 Å². The minimum Gasteiger partial charge on any atom is -0.444 e. The number of fused-ring (bicyclic) bond motifs is 2. The number of Topliss-reactive ketones (excluding diaryl/α,β-unsaturated/α-hetero) is 2. The summed E-state index contributed by atoms with van der Waals surface area (Å²) in [5.41, 5.74) is 0.186. The zero-order chi connectivity index (χ0) is 64.4. The smallest absolute Gasteiger partial charge is 0.410 e. The van der Waals surface area contributed by atoms with Crippen LogP contribution in [0.4, 0.5) is 39.8 Å². The number of carbonyl (C=O) groups excluding carboxylic acids is 7. The van der Waals surface area contributed by atoms with Crippen molar-refractivity contribution in [3.8, 4) is 0 Å². The molecule has 0 radical (unpaired) electrons. The van der Waals surface area contributed by atoms with Crippen LogP contribution in [0.15, 0.2) is 78.9 Å². The first-order valence-electron chi connectivity index (χ1n) is 31.0. The molecule has 0 spiro atoms. The van der Waals surface area contributed by atoms with Gasteiger partial charge in [0.2, 0.25) is 17.7 Å². The van der Waals surface area contributed by atoms with Gasteiger partial charge in [-0.3, -0.25) is 33.8 Å². The lowest BCUT2D eigenvalue weighted by molar-refractivity contribution is -0.137. The number of rotatable bonds is 17. The number of piperazine rings is 1. The van der Waals surface area contributed by atoms with Crippen LogP contribution in [0.25, 0.3) is 0 Å². The average Bonchev–Trinajstić information content (AvgIpc) is 1.64. The normalized spacial score (nSPS) is 23.2. The molecule has 480 valence electrons. The van der Waals surface area contributed by atoms with Gasteiger partial charge >= 0.3 is 12.2 Å². The van der Waals surface area contributed by atoms with Gasteiger partial charge in [0.25, 0.3) is 0 Å². The van der Waals surface area contributed by atoms with E-state index in [4.69, 9.17) is 18.9 Å². The number of nitrogens with one attached hydrogen (secondary N) is 2. The van der Waals surface area contributed by atoms with Crippen molar-refractivity contribution >= 4 is 58.5 Å². The van der Waals surface area contributed by atoms with E-state index in [0.29, 0.717) is 94.2 Å². The van der Waals surface area contributed by atoms with Crippen LogP contribution in [0, 0.1) is 35.2 Å². The molecule has 2 N–H and O–H groups in total. The highest BCUT2D eigenvalue weighted by Gasteiger charge is 2.50. The van der Waals surface area contributed by atoms with Crippen LogP contribution in [-0.2, 0) is 61.2 Å². The molecule has 4 heterocycles. The molecule has 0 saturated carbocycles. The second-order valence-corrected chi connectivity index (χ2v) is 27.1. The molecule has 3 saturated heterocycles. The molecule has 18 nitrogen and oxygen atoms in total. The number of likely N-dealkylation sites (N-methyl/N-ethyl adjacent to an activating group) is 1. The summed E-state index contributed by atoms with van der Waals surface area (Å²) in [5, 5.41) is 5.52. The van der Waals surface area contributed by atoms with E-state index in [1.165, 1.54) is 24.1 Å². The summed E-state index contributed by atoms with van der Waals surface area (Å²) in [7, 11) is 1.45. The maximum Gasteiger partial charge on any atom is 0.410 e. The van der Waals surface area contributed by atoms with Gasteiger partial charge in [-0.15, -0.1) is 0 Å². The lowest BCUT2D eigenvalue weighted by Gasteiger charge is -2.47. The zero-order valence-electron chi connectivity index (χ0n) is 53.1. The molecule has 1 aliphatic carbocycles. The van der Waals surface area contributed by atoms with Crippen molar-refractivity contribution in [1.29, 1.82) is 0 Å². The number of hydrogen-bond acceptors (Lipinski definition) is 13. The number of anilines is 3. The van der Waals surface area contributed by atoms with E-state index in [0.717, 1.165) is 29.3 Å². The van der Waals surface area contributed by atoms with Crippen molar-refractivity contribution in [2.75, 3.05) is 88.3 Å². The van der Waals surface area contributed by atoms with E-state index in [-0.39, 0.29) is 67.4 Å². The Kier molecular flexibility index (Phi) is 20.2. The number of benzene rings is 4. The first kappa shape index (κ1) is 66.2. The predicted molar refractivity (Wildman–Crippen MR) is 330 cm³/mol. The Bertz CT molecular complexity index is 3290. The summed E-state index contributed by atoms with van der Waals surface area (Å²) >= 11 is 0. The molecule has 5 amide bonds. The van der Waals surface area contributed by atoms with E-state index < -0.39 is 93.3 Å². The summed E-state index contributed by atoms with van der Waals surface area (Å²) in [5.74, 6) is -8.68. The molecule has 89 heavy (non-hydrogen) atoms. The van der Waals surface area contributed by atoms with Crippen molar-refractivity contribution in [2.24, 2.45) is 17.8 Å². The van der Waals surface area contributed by atoms with Crippen LogP contribution >= 0.6 is 0 Å². The van der Waals surface area contributed by atoms with Crippen LogP contribution < -0.4 is 15.5 Å². The molecule has 9 rings (SSSR count). The van der Waals surface area contributed by atoms with Gasteiger partial charge in [0, 0.05) is 101 Å². The Hall–Kier alpha value is -7.20. The Balaban J connectivity index is 1.02. The van der Waals surface area contributed by atoms with E-state index in [9.17, 15) is 23.6 Å². The Morgan fingerprint density at radius 2 is 1.46 bits per heavy atom. The number of morpholine rings is 1. The summed E-state index contributed by atoms with van der Waals surface area (Å²) in [4.78, 5) is 111. The molecule has 8 atom stereocenters. The lowest BCUT2D eigenvalue weighted by Crippen LogP contribution is -2.64. The summed E-state index contributed by atoms with van der Waals surface area (Å²) in [6.45, 7) is 21.4. The number of ketones is 2. The third-order valence-corrected chi connectivity index (χ3v) is 18.2. The van der Waals surface area contributed by atoms with Gasteiger partial charge in [-0.25, -0.2) is 22.8 Å². The Labute approximate surface area is 520 Å². The highest BCUT2D eigenvalue weighted by Crippen LogP contribution is 2.46. The van der Waals surface area contributed by atoms with E-state index in [1.54, 1.807) is 74.8 Å². The first-order chi connectivity index (χ1) is 42.0. The summed E-state index contributed by atoms with van der Waals surface area (Å²) < 4.78 is 67.7. The minimum atomic E-state index is -1.39. The maximum absolute atomic E-state index is 15.5. The monoisotopic (exact) mass is 1230 g/mol. The van der Waals surface area contributed by atoms with Crippen molar-refractivity contribution in [3.63, 3.8) is 0 Å². The fraction of sp³-hybridized carbons (Fsp3) is 0.544. The minimum absolute atomic E-state index is 0.0189. The highest BCUT2D eigenvalue weighted by molar-refractivity contribution is 6.07. The SMILES string of the molecule is C[C@@H]1COCCN1C[C@H]1CN(C(=O)OC(C)(C)C)[C@H](C)CN1CC(=O)N1CC(C)(C(=O)Nc2ccc3c(c2)[C@@H](C(=O)Nc2c(F)cccc2F)C(C(=O)[C@@H](CC(=O)[C@H](C)N(C)C(=O)OC(C)(C)C)C2CCOCC2)C3)c2ccc(Cc3ccc(F)cc3)cc21. The number of amides is 5. The highest BCUT2D eigenvalue weighted by atomic mass is 19.1. The molecule has 5 aliphatic rings. The van der Waals surface area contributed by atoms with Gasteiger partial charge in [0.05, 0.1) is 37.1 Å². The summed E-state index contributed by atoms with van der Waals surface area (Å²) in [6, 6.07) is 18.4. The van der Waals surface area contributed by atoms with Crippen LogP contribution in [-0.4, -0.2) is 169 Å². The number of hydrogen-bond donors (Lipinski definition) is 2. The van der Waals surface area contributed by atoms with Crippen molar-refractivity contribution in [1.82, 2.24) is 19.6 Å². The van der Waals surface area contributed by atoms with Crippen molar-refractivity contribution in [2.45, 2.75) is 148 Å². The molecule has 4 aromatic rings. The van der Waals surface area contributed by atoms with Gasteiger partial charge in [-0.1, -0.05) is 36.4 Å². The number of halogens is 3. The van der Waals surface area contributed by atoms with Crippen LogP contribution in [0.2, 0.25) is 0 Å². The van der Waals surface area contributed by atoms with Crippen LogP contribution in [0.5, 0.6) is 0 Å². The fourth-order valence-corrected chi connectivity index (χ4v) is 13.1. The number of para-hydroxylation sites is 1. The molecule has 0 bridgehead atoms.